The number of thiophene rings is 1. The van der Waals surface area contributed by atoms with Gasteiger partial charge in [0.05, 0.1) is 11.5 Å². The minimum absolute atomic E-state index is 0.311. The van der Waals surface area contributed by atoms with Crippen molar-refractivity contribution in [2.45, 2.75) is 71.0 Å². The third-order valence-electron chi connectivity index (χ3n) is 6.09. The van der Waals surface area contributed by atoms with E-state index in [-0.39, 0.29) is 0 Å². The van der Waals surface area contributed by atoms with Gasteiger partial charge in [-0.3, -0.25) is 10.00 Å². The zero-order chi connectivity index (χ0) is 21.8. The molecule has 2 unspecified atom stereocenters. The van der Waals surface area contributed by atoms with Crippen molar-refractivity contribution >= 4 is 39.1 Å². The standard InChI is InChI=1S/C22H30N8S/c1-4-16-12-15(13-17(5-2)30(16)9-6-8-23)24-22-26-20(18-7-10-31-21(18)27-22)25-19-11-14(3)28-29-19/h7,10-11,15-17H,4-6,9,12-13H2,1-3H3,(H3,24,25,26,27,28,29). The van der Waals surface area contributed by atoms with Crippen molar-refractivity contribution < 1.29 is 0 Å². The number of anilines is 3. The highest BCUT2D eigenvalue weighted by molar-refractivity contribution is 7.16. The minimum Gasteiger partial charge on any atom is -0.351 e. The van der Waals surface area contributed by atoms with Gasteiger partial charge in [0, 0.05) is 42.9 Å². The van der Waals surface area contributed by atoms with Crippen LogP contribution in [0.4, 0.5) is 17.6 Å². The largest absolute Gasteiger partial charge is 0.351 e. The summed E-state index contributed by atoms with van der Waals surface area (Å²) in [5.74, 6) is 2.17. The molecule has 0 spiro atoms. The van der Waals surface area contributed by atoms with Gasteiger partial charge in [-0.1, -0.05) is 13.8 Å². The molecule has 31 heavy (non-hydrogen) atoms. The number of likely N-dealkylation sites (tertiary alicyclic amines) is 1. The number of aromatic amines is 1. The van der Waals surface area contributed by atoms with Gasteiger partial charge in [0.2, 0.25) is 5.95 Å². The van der Waals surface area contributed by atoms with Crippen molar-refractivity contribution in [3.8, 4) is 6.07 Å². The Labute approximate surface area is 187 Å². The van der Waals surface area contributed by atoms with Crippen molar-refractivity contribution in [2.24, 2.45) is 0 Å². The maximum absolute atomic E-state index is 9.05. The SMILES string of the molecule is CCC1CC(Nc2nc(Nc3cc(C)[nH]n3)c3ccsc3n2)CC(CC)N1CCC#N. The fourth-order valence-corrected chi connectivity index (χ4v) is 5.35. The van der Waals surface area contributed by atoms with Gasteiger partial charge in [0.1, 0.15) is 10.6 Å². The Kier molecular flexibility index (Phi) is 6.68. The van der Waals surface area contributed by atoms with Crippen molar-refractivity contribution in [1.82, 2.24) is 25.1 Å². The molecule has 1 fully saturated rings. The molecule has 3 aromatic heterocycles. The Hall–Kier alpha value is -2.70. The first-order chi connectivity index (χ1) is 15.1. The third-order valence-corrected chi connectivity index (χ3v) is 6.89. The monoisotopic (exact) mass is 438 g/mol. The van der Waals surface area contributed by atoms with E-state index in [9.17, 15) is 0 Å². The van der Waals surface area contributed by atoms with E-state index >= 15 is 0 Å². The first-order valence-corrected chi connectivity index (χ1v) is 11.9. The van der Waals surface area contributed by atoms with E-state index in [2.05, 4.69) is 45.6 Å². The molecule has 4 heterocycles. The van der Waals surface area contributed by atoms with Crippen LogP contribution < -0.4 is 10.6 Å². The summed E-state index contributed by atoms with van der Waals surface area (Å²) in [7, 11) is 0. The summed E-state index contributed by atoms with van der Waals surface area (Å²) in [4.78, 5) is 13.1. The number of hydrogen-bond acceptors (Lipinski definition) is 8. The predicted molar refractivity (Wildman–Crippen MR) is 126 cm³/mol. The number of rotatable bonds is 8. The summed E-state index contributed by atoms with van der Waals surface area (Å²) in [5.41, 5.74) is 0.996. The number of nitrogens with zero attached hydrogens (tertiary/aromatic N) is 5. The van der Waals surface area contributed by atoms with Crippen molar-refractivity contribution in [2.75, 3.05) is 17.2 Å². The Morgan fingerprint density at radius 3 is 2.68 bits per heavy atom. The Bertz CT molecular complexity index is 1040. The number of aryl methyl sites for hydroxylation is 1. The lowest BCUT2D eigenvalue weighted by atomic mass is 9.88. The van der Waals surface area contributed by atoms with Gasteiger partial charge in [-0.15, -0.1) is 11.3 Å². The van der Waals surface area contributed by atoms with E-state index in [1.165, 1.54) is 0 Å². The van der Waals surface area contributed by atoms with Crippen LogP contribution in [0.25, 0.3) is 10.2 Å². The smallest absolute Gasteiger partial charge is 0.226 e. The van der Waals surface area contributed by atoms with Crippen molar-refractivity contribution in [3.05, 3.63) is 23.2 Å². The summed E-state index contributed by atoms with van der Waals surface area (Å²) in [6.07, 6.45) is 4.81. The van der Waals surface area contributed by atoms with Crippen LogP contribution in [0.5, 0.6) is 0 Å². The van der Waals surface area contributed by atoms with E-state index in [0.717, 1.165) is 59.8 Å². The van der Waals surface area contributed by atoms with Gasteiger partial charge >= 0.3 is 0 Å². The van der Waals surface area contributed by atoms with E-state index in [0.29, 0.717) is 30.5 Å². The minimum atomic E-state index is 0.311. The summed E-state index contributed by atoms with van der Waals surface area (Å²) < 4.78 is 0. The molecule has 0 saturated carbocycles. The predicted octanol–water partition coefficient (Wildman–Crippen LogP) is 4.81. The van der Waals surface area contributed by atoms with Crippen LogP contribution in [0.3, 0.4) is 0 Å². The average molecular weight is 439 g/mol. The van der Waals surface area contributed by atoms with Crippen LogP contribution in [-0.4, -0.2) is 49.7 Å². The lowest BCUT2D eigenvalue weighted by Crippen LogP contribution is -2.52. The molecule has 1 aliphatic rings. The quantitative estimate of drug-likeness (QED) is 0.463. The lowest BCUT2D eigenvalue weighted by molar-refractivity contribution is 0.0734. The van der Waals surface area contributed by atoms with Crippen molar-refractivity contribution in [3.63, 3.8) is 0 Å². The maximum Gasteiger partial charge on any atom is 0.226 e. The first kappa shape index (κ1) is 21.5. The molecule has 0 bridgehead atoms. The number of nitriles is 1. The maximum atomic E-state index is 9.05. The second-order valence-electron chi connectivity index (χ2n) is 8.18. The average Bonchev–Trinajstić information content (AvgIpc) is 3.40. The molecule has 0 radical (unpaired) electrons. The van der Waals surface area contributed by atoms with Crippen LogP contribution in [0, 0.1) is 18.3 Å². The van der Waals surface area contributed by atoms with Crippen LogP contribution >= 0.6 is 11.3 Å². The van der Waals surface area contributed by atoms with Crippen LogP contribution in [0.1, 0.15) is 51.6 Å². The Morgan fingerprint density at radius 1 is 1.26 bits per heavy atom. The number of aromatic nitrogens is 4. The van der Waals surface area contributed by atoms with E-state index in [1.54, 1.807) is 11.3 Å². The number of H-pyrrole nitrogens is 1. The molecule has 1 aliphatic heterocycles. The molecular weight excluding hydrogens is 408 g/mol. The fourth-order valence-electron chi connectivity index (χ4n) is 4.59. The van der Waals surface area contributed by atoms with Crippen LogP contribution in [0.15, 0.2) is 17.5 Å². The highest BCUT2D eigenvalue weighted by atomic mass is 32.1. The summed E-state index contributed by atoms with van der Waals surface area (Å²) in [6.45, 7) is 7.31. The molecule has 3 aromatic rings. The highest BCUT2D eigenvalue weighted by Crippen LogP contribution is 2.31. The molecule has 8 nitrogen and oxygen atoms in total. The van der Waals surface area contributed by atoms with Crippen LogP contribution in [-0.2, 0) is 0 Å². The van der Waals surface area contributed by atoms with Gasteiger partial charge in [-0.2, -0.15) is 15.3 Å². The normalized spacial score (nSPS) is 21.8. The lowest BCUT2D eigenvalue weighted by Gasteiger charge is -2.45. The number of piperidine rings is 1. The number of nitrogens with one attached hydrogen (secondary N) is 3. The molecule has 0 aromatic carbocycles. The summed E-state index contributed by atoms with van der Waals surface area (Å²) >= 11 is 1.61. The number of fused-ring (bicyclic) bond motifs is 1. The van der Waals surface area contributed by atoms with E-state index in [4.69, 9.17) is 15.2 Å². The van der Waals surface area contributed by atoms with Gasteiger partial charge in [0.25, 0.3) is 0 Å². The van der Waals surface area contributed by atoms with Crippen LogP contribution in [0.2, 0.25) is 0 Å². The first-order valence-electron chi connectivity index (χ1n) is 11.0. The second kappa shape index (κ2) is 9.62. The molecule has 1 saturated heterocycles. The zero-order valence-electron chi connectivity index (χ0n) is 18.4. The molecule has 4 rings (SSSR count). The fraction of sp³-hybridized carbons (Fsp3) is 0.545. The van der Waals surface area contributed by atoms with E-state index in [1.807, 2.05) is 24.4 Å². The Morgan fingerprint density at radius 2 is 2.03 bits per heavy atom. The Balaban J connectivity index is 1.54. The van der Waals surface area contributed by atoms with Gasteiger partial charge < -0.3 is 10.6 Å². The summed E-state index contributed by atoms with van der Waals surface area (Å²) in [5, 5.41) is 26.3. The third kappa shape index (κ3) is 4.81. The van der Waals surface area contributed by atoms with Gasteiger partial charge in [-0.05, 0) is 44.1 Å². The second-order valence-corrected chi connectivity index (χ2v) is 9.07. The van der Waals surface area contributed by atoms with Gasteiger partial charge in [0.15, 0.2) is 5.82 Å². The van der Waals surface area contributed by atoms with Gasteiger partial charge in [-0.25, -0.2) is 4.98 Å². The summed E-state index contributed by atoms with van der Waals surface area (Å²) in [6, 6.07) is 7.56. The number of hydrogen-bond donors (Lipinski definition) is 3. The molecule has 164 valence electrons. The molecule has 3 N–H and O–H groups in total. The molecule has 2 atom stereocenters. The molecule has 0 aliphatic carbocycles. The highest BCUT2D eigenvalue weighted by Gasteiger charge is 2.33. The molecule has 0 amide bonds. The topological polar surface area (TPSA) is 106 Å². The molecule has 9 heteroatoms. The van der Waals surface area contributed by atoms with E-state index < -0.39 is 0 Å². The van der Waals surface area contributed by atoms with Crippen molar-refractivity contribution in [1.29, 1.82) is 5.26 Å². The zero-order valence-corrected chi connectivity index (χ0v) is 19.2. The molecular formula is C22H30N8S.